The van der Waals surface area contributed by atoms with Crippen molar-refractivity contribution in [3.63, 3.8) is 0 Å². The van der Waals surface area contributed by atoms with Crippen molar-refractivity contribution in [1.29, 1.82) is 0 Å². The number of likely N-dealkylation sites (N-methyl/N-ethyl adjacent to an activating group) is 1. The fraction of sp³-hybridized carbons (Fsp3) is 0.683. The number of fused-ring (bicyclic) bond motifs is 4. The second kappa shape index (κ2) is 36.2. The van der Waals surface area contributed by atoms with Gasteiger partial charge in [0.25, 0.3) is 0 Å². The van der Waals surface area contributed by atoms with E-state index in [9.17, 15) is 48.3 Å². The highest BCUT2D eigenvalue weighted by atomic mass is 35.5. The normalized spacial score (nSPS) is 24.8. The first-order chi connectivity index (χ1) is 41.2. The van der Waals surface area contributed by atoms with E-state index in [1.54, 1.807) is 38.3 Å². The topological polar surface area (TPSA) is 317 Å². The van der Waals surface area contributed by atoms with Crippen LogP contribution in [0.4, 0.5) is 10.5 Å². The summed E-state index contributed by atoms with van der Waals surface area (Å²) < 4.78 is 45.1. The minimum Gasteiger partial charge on any atom is -0.495 e. The smallest absolute Gasteiger partial charge is 0.409 e. The Morgan fingerprint density at radius 3 is 2.23 bits per heavy atom. The van der Waals surface area contributed by atoms with E-state index in [-0.39, 0.29) is 132 Å². The first-order valence-electron chi connectivity index (χ1n) is 29.3. The van der Waals surface area contributed by atoms with Crippen molar-refractivity contribution in [3.05, 3.63) is 46.5 Å². The number of hydrogen-bond acceptors (Lipinski definition) is 21. The second-order valence-electron chi connectivity index (χ2n) is 22.7. The van der Waals surface area contributed by atoms with Crippen LogP contribution in [0, 0.1) is 23.2 Å². The van der Waals surface area contributed by atoms with Gasteiger partial charge in [-0.2, -0.15) is 0 Å². The van der Waals surface area contributed by atoms with E-state index in [2.05, 4.69) is 15.5 Å². The number of esters is 1. The van der Waals surface area contributed by atoms with Gasteiger partial charge >= 0.3 is 12.1 Å². The van der Waals surface area contributed by atoms with E-state index >= 15 is 0 Å². The molecule has 0 radical (unpaired) electrons. The van der Waals surface area contributed by atoms with Crippen LogP contribution in [0.1, 0.15) is 99.0 Å². The molecule has 4 rings (SSSR count). The summed E-state index contributed by atoms with van der Waals surface area (Å²) in [7, 11) is 5.91. The molecular formula is C60H91ClN6O19S. The number of hydrogen-bond donors (Lipinski definition) is 4. The van der Waals surface area contributed by atoms with E-state index in [4.69, 9.17) is 55.4 Å². The Balaban J connectivity index is 1.27. The minimum atomic E-state index is -1.91. The number of likely N-dealkylation sites (tertiary alicyclic amines) is 1. The fourth-order valence-corrected chi connectivity index (χ4v) is 11.7. The number of nitrogens with zero attached hydrogens (tertiary/aromatic N) is 3. The molecule has 4 bridgehead atoms. The van der Waals surface area contributed by atoms with Gasteiger partial charge in [-0.15, -0.1) is 11.8 Å². The van der Waals surface area contributed by atoms with Crippen LogP contribution in [-0.4, -0.2) is 210 Å². The van der Waals surface area contributed by atoms with E-state index in [1.165, 1.54) is 38.0 Å². The van der Waals surface area contributed by atoms with Gasteiger partial charge < -0.3 is 58.1 Å². The summed E-state index contributed by atoms with van der Waals surface area (Å²) >= 11 is 8.02. The lowest BCUT2D eigenvalue weighted by Gasteiger charge is -2.50. The van der Waals surface area contributed by atoms with E-state index in [0.29, 0.717) is 37.3 Å². The molecule has 5 N–H and O–H groups in total. The molecule has 6 amide bonds. The van der Waals surface area contributed by atoms with E-state index < -0.39 is 88.3 Å². The number of amides is 6. The Bertz CT molecular complexity index is 2590. The monoisotopic (exact) mass is 1270 g/mol. The molecule has 3 aliphatic rings. The number of carbonyl (C=O) groups excluding carboxylic acids is 9. The molecule has 3 unspecified atom stereocenters. The third-order valence-electron chi connectivity index (χ3n) is 16.3. The van der Waals surface area contributed by atoms with Gasteiger partial charge in [0.1, 0.15) is 54.9 Å². The summed E-state index contributed by atoms with van der Waals surface area (Å²) in [5, 5.41) is 16.9. The van der Waals surface area contributed by atoms with Crippen molar-refractivity contribution in [2.45, 2.75) is 135 Å². The number of nitrogens with one attached hydrogen (secondary N) is 2. The van der Waals surface area contributed by atoms with Gasteiger partial charge in [-0.25, -0.2) is 15.5 Å². The average molecular weight is 1270 g/mol. The molecule has 488 valence electrons. The summed E-state index contributed by atoms with van der Waals surface area (Å²) in [6.07, 6.45) is 2.39. The predicted molar refractivity (Wildman–Crippen MR) is 322 cm³/mol. The molecule has 2 saturated heterocycles. The first-order valence-corrected chi connectivity index (χ1v) is 30.7. The molecule has 25 nitrogen and oxygen atoms in total. The Labute approximate surface area is 519 Å². The summed E-state index contributed by atoms with van der Waals surface area (Å²) in [6.45, 7) is 13.7. The van der Waals surface area contributed by atoms with Crippen molar-refractivity contribution >= 4 is 82.2 Å². The average Bonchev–Trinajstić information content (AvgIpc) is 1.62. The van der Waals surface area contributed by atoms with Crippen LogP contribution < -0.4 is 26.2 Å². The lowest BCUT2D eigenvalue weighted by molar-refractivity contribution is -0.188. The Hall–Kier alpha value is -5.55. The molecule has 0 spiro atoms. The van der Waals surface area contributed by atoms with Crippen molar-refractivity contribution in [1.82, 2.24) is 20.4 Å². The van der Waals surface area contributed by atoms with Crippen LogP contribution in [0.25, 0.3) is 0 Å². The zero-order valence-corrected chi connectivity index (χ0v) is 53.7. The van der Waals surface area contributed by atoms with Crippen LogP contribution in [-0.2, 0) is 82.8 Å². The number of anilines is 1. The maximum Gasteiger partial charge on any atom is 0.409 e. The molecule has 1 aromatic rings. The van der Waals surface area contributed by atoms with Crippen LogP contribution in [0.3, 0.4) is 0 Å². The molecular weight excluding hydrogens is 1180 g/mol. The summed E-state index contributed by atoms with van der Waals surface area (Å²) in [4.78, 5) is 126. The molecule has 87 heavy (non-hydrogen) atoms. The number of alkyl carbamates (subject to hydrolysis) is 1. The SMILES string of the molecule is COc1cc2cc(c1Cl)N(C)C(=O)C[C@@H](OC(=O)[C@@H](C)N(C)C(=O)CCSC1CC(=O)N(CCCC(=O)COCCOCCNC(=O)COCCOCCCC(=O)CON)C1=O)C(C)(C)[C@H](C)C(C)[C@@H]1OC(=O)N[C@@](O)(C1C)[C@@H](OC)/C=C/C=C(\C)C2. The van der Waals surface area contributed by atoms with Gasteiger partial charge in [0.2, 0.25) is 29.5 Å². The predicted octanol–water partition coefficient (Wildman–Crippen LogP) is 4.29. The maximum absolute atomic E-state index is 14.6. The Kier molecular flexibility index (Phi) is 30.8. The lowest BCUT2D eigenvalue weighted by Crippen LogP contribution is -2.68. The number of aliphatic hydroxyl groups is 1. The van der Waals surface area contributed by atoms with Crippen LogP contribution >= 0.6 is 23.4 Å². The molecule has 0 aliphatic carbocycles. The zero-order chi connectivity index (χ0) is 64.6. The standard InChI is InChI=1S/C60H91ClN6O19S/c1-37-15-12-18-48(79-11)60(77)40(4)55(86-58(76)64-60)38(2)39(3)59(6,7)49(33-52(72)66(9)45-30-42(29-37)31-46(78-10)54(45)61)85-57(75)41(5)65(8)51(71)19-28-87-47-32-53(73)67(56(47)74)21-13-16-43(68)34-82-26-25-81-23-20-63-50(70)36-83-27-24-80-22-14-17-44(69)35-84-62/h12,15,18,30-31,38-41,47-49,55,77H,13-14,16-17,19-29,32-36,62H2,1-11H3,(H,63,70)(H,64,76)/b18-12+,37-15+/t38?,39-,40?,41-,47?,48+,49-,55+,60-/m1/s1. The van der Waals surface area contributed by atoms with Crippen molar-refractivity contribution < 1.29 is 91.0 Å². The summed E-state index contributed by atoms with van der Waals surface area (Å²) in [5.41, 5.74) is -0.950. The molecule has 0 saturated carbocycles. The number of rotatable bonds is 32. The van der Waals surface area contributed by atoms with Gasteiger partial charge in [0.05, 0.1) is 57.5 Å². The third-order valence-corrected chi connectivity index (χ3v) is 17.9. The number of carbonyl (C=O) groups is 9. The van der Waals surface area contributed by atoms with Crippen LogP contribution in [0.5, 0.6) is 5.75 Å². The van der Waals surface area contributed by atoms with Crippen molar-refractivity contribution in [3.8, 4) is 5.75 Å². The van der Waals surface area contributed by atoms with Crippen LogP contribution in [0.2, 0.25) is 5.02 Å². The highest BCUT2D eigenvalue weighted by Gasteiger charge is 2.55. The van der Waals surface area contributed by atoms with E-state index in [0.717, 1.165) is 27.8 Å². The number of methoxy groups -OCH3 is 2. The third kappa shape index (κ3) is 21.9. The number of allylic oxidation sites excluding steroid dienone is 3. The summed E-state index contributed by atoms with van der Waals surface area (Å²) in [6, 6.07) is 2.41. The minimum absolute atomic E-state index is 0.0380. The first kappa shape index (κ1) is 73.9. The number of thioether (sulfide) groups is 1. The van der Waals surface area contributed by atoms with Gasteiger partial charge in [0.15, 0.2) is 17.3 Å². The number of Topliss-reactive ketones (excluding diaryl/α,β-unsaturated/α-hetero) is 2. The van der Waals surface area contributed by atoms with Gasteiger partial charge in [-0.1, -0.05) is 70.0 Å². The molecule has 0 aromatic heterocycles. The fourth-order valence-electron chi connectivity index (χ4n) is 10.3. The molecule has 3 heterocycles. The Morgan fingerprint density at radius 1 is 0.897 bits per heavy atom. The number of ketones is 2. The largest absolute Gasteiger partial charge is 0.495 e. The zero-order valence-electron chi connectivity index (χ0n) is 52.1. The number of ether oxygens (including phenoxy) is 8. The van der Waals surface area contributed by atoms with Gasteiger partial charge in [-0.3, -0.25) is 48.6 Å². The maximum atomic E-state index is 14.6. The van der Waals surface area contributed by atoms with E-state index in [1.807, 2.05) is 40.7 Å². The van der Waals surface area contributed by atoms with Crippen molar-refractivity contribution in [2.24, 2.45) is 29.1 Å². The molecule has 9 atom stereocenters. The lowest BCUT2D eigenvalue weighted by atomic mass is 9.65. The molecule has 2 fully saturated rings. The molecule has 1 aromatic carbocycles. The highest BCUT2D eigenvalue weighted by molar-refractivity contribution is 8.00. The van der Waals surface area contributed by atoms with Crippen LogP contribution in [0.15, 0.2) is 35.9 Å². The molecule has 3 aliphatic heterocycles. The molecule has 27 heteroatoms. The number of halogens is 1. The Morgan fingerprint density at radius 2 is 1.55 bits per heavy atom. The number of benzene rings is 1. The van der Waals surface area contributed by atoms with Gasteiger partial charge in [-0.05, 0) is 62.6 Å². The summed E-state index contributed by atoms with van der Waals surface area (Å²) in [5.74, 6) is 0.423. The number of nitrogens with two attached hydrogens (primary N) is 1. The number of imide groups is 1. The quantitative estimate of drug-likeness (QED) is 0.0338. The highest BCUT2D eigenvalue weighted by Crippen LogP contribution is 2.45. The second-order valence-corrected chi connectivity index (χ2v) is 24.4. The van der Waals surface area contributed by atoms with Crippen molar-refractivity contribution in [2.75, 3.05) is 112 Å². The van der Waals surface area contributed by atoms with Gasteiger partial charge in [0, 0.05) is 83.7 Å².